The second-order valence-corrected chi connectivity index (χ2v) is 9.41. The summed E-state index contributed by atoms with van der Waals surface area (Å²) in [6.07, 6.45) is 4.57. The lowest BCUT2D eigenvalue weighted by Gasteiger charge is -2.26. The van der Waals surface area contributed by atoms with Crippen LogP contribution < -0.4 is 10.1 Å². The molecule has 4 heterocycles. The molecule has 1 atom stereocenters. The van der Waals surface area contributed by atoms with Crippen molar-refractivity contribution in [2.75, 3.05) is 27.7 Å². The molecule has 3 amide bonds. The monoisotopic (exact) mass is 503 g/mol. The molecule has 192 valence electrons. The maximum Gasteiger partial charge on any atom is 0.255 e. The summed E-state index contributed by atoms with van der Waals surface area (Å²) in [5, 5.41) is 7.71. The van der Waals surface area contributed by atoms with Crippen molar-refractivity contribution in [3.63, 3.8) is 0 Å². The Balaban J connectivity index is 1.43. The molecule has 0 unspecified atom stereocenters. The van der Waals surface area contributed by atoms with E-state index in [1.165, 1.54) is 0 Å². The van der Waals surface area contributed by atoms with Crippen LogP contribution in [0, 0.1) is 13.8 Å². The number of likely N-dealkylation sites (tertiary alicyclic amines) is 1. The molecule has 1 fully saturated rings. The number of hydrogen-bond acceptors (Lipinski definition) is 6. The van der Waals surface area contributed by atoms with Crippen molar-refractivity contribution < 1.29 is 23.5 Å². The smallest absolute Gasteiger partial charge is 0.255 e. The zero-order valence-electron chi connectivity index (χ0n) is 21.5. The van der Waals surface area contributed by atoms with Crippen LogP contribution >= 0.6 is 0 Å². The first-order valence-corrected chi connectivity index (χ1v) is 12.1. The van der Waals surface area contributed by atoms with Gasteiger partial charge in [-0.2, -0.15) is 5.10 Å². The molecular weight excluding hydrogens is 474 g/mol. The number of aromatic nitrogens is 2. The quantitative estimate of drug-likeness (QED) is 0.431. The summed E-state index contributed by atoms with van der Waals surface area (Å²) in [6.45, 7) is 4.08. The van der Waals surface area contributed by atoms with Gasteiger partial charge in [0.25, 0.3) is 11.8 Å². The number of aryl methyl sites for hydroxylation is 2. The molecule has 1 N–H and O–H groups in total. The first kappa shape index (κ1) is 24.4. The van der Waals surface area contributed by atoms with Gasteiger partial charge in [0.15, 0.2) is 5.75 Å². The van der Waals surface area contributed by atoms with Gasteiger partial charge in [0.1, 0.15) is 22.6 Å². The Morgan fingerprint density at radius 3 is 2.76 bits per heavy atom. The molecule has 0 bridgehead atoms. The molecule has 1 aliphatic rings. The number of carbonyl (C=O) groups excluding carboxylic acids is 3. The molecule has 0 radical (unpaired) electrons. The van der Waals surface area contributed by atoms with E-state index in [9.17, 15) is 14.4 Å². The molecule has 0 saturated carbocycles. The fraction of sp³-hybridized carbons (Fsp3) is 0.333. The predicted molar refractivity (Wildman–Crippen MR) is 137 cm³/mol. The molecule has 10 nitrogen and oxygen atoms in total. The van der Waals surface area contributed by atoms with Crippen molar-refractivity contribution in [2.45, 2.75) is 32.7 Å². The standard InChI is InChI=1S/C27H29N5O5/c1-15-20(27(35)30(4)13-17-6-9-23(33)31(17)5)14-32-25(15)21(10-11-29-32)37-18-7-8-19-22(12-18)36-16(2)24(19)26(34)28-3/h7-8,10-12,14,17H,6,9,13H2,1-5H3,(H,28,34)/t17-/m1/s1. The number of nitrogens with zero attached hydrogens (tertiary/aromatic N) is 4. The van der Waals surface area contributed by atoms with Gasteiger partial charge in [-0.25, -0.2) is 4.52 Å². The van der Waals surface area contributed by atoms with E-state index in [1.54, 1.807) is 79.0 Å². The molecular formula is C27H29N5O5. The van der Waals surface area contributed by atoms with E-state index in [0.717, 1.165) is 12.0 Å². The molecule has 37 heavy (non-hydrogen) atoms. The maximum atomic E-state index is 13.3. The number of fused-ring (bicyclic) bond motifs is 2. The van der Waals surface area contributed by atoms with Crippen molar-refractivity contribution in [3.8, 4) is 11.5 Å². The van der Waals surface area contributed by atoms with Gasteiger partial charge >= 0.3 is 0 Å². The minimum absolute atomic E-state index is 0.0138. The van der Waals surface area contributed by atoms with Gasteiger partial charge in [-0.1, -0.05) is 0 Å². The predicted octanol–water partition coefficient (Wildman–Crippen LogP) is 3.54. The van der Waals surface area contributed by atoms with E-state index in [0.29, 0.717) is 57.8 Å². The van der Waals surface area contributed by atoms with Crippen LogP contribution in [0.3, 0.4) is 0 Å². The Kier molecular flexibility index (Phi) is 6.10. The molecule has 4 aromatic rings. The van der Waals surface area contributed by atoms with Crippen LogP contribution in [0.25, 0.3) is 16.5 Å². The Bertz CT molecular complexity index is 1550. The largest absolute Gasteiger partial charge is 0.460 e. The number of hydrogen-bond donors (Lipinski definition) is 1. The minimum Gasteiger partial charge on any atom is -0.460 e. The van der Waals surface area contributed by atoms with Gasteiger partial charge in [0, 0.05) is 63.9 Å². The number of rotatable bonds is 6. The SMILES string of the molecule is CNC(=O)c1c(C)oc2cc(Oc3ccnn4cc(C(=O)N(C)C[C@H]5CCC(=O)N5C)c(C)c34)ccc12. The molecule has 1 saturated heterocycles. The summed E-state index contributed by atoms with van der Waals surface area (Å²) in [6, 6.07) is 7.07. The Labute approximate surface area is 213 Å². The van der Waals surface area contributed by atoms with Crippen molar-refractivity contribution in [1.29, 1.82) is 0 Å². The lowest BCUT2D eigenvalue weighted by molar-refractivity contribution is -0.127. The summed E-state index contributed by atoms with van der Waals surface area (Å²) in [7, 11) is 5.11. The van der Waals surface area contributed by atoms with Gasteiger partial charge in [0.05, 0.1) is 17.3 Å². The van der Waals surface area contributed by atoms with Crippen LogP contribution in [-0.2, 0) is 4.79 Å². The lowest BCUT2D eigenvalue weighted by Crippen LogP contribution is -2.40. The van der Waals surface area contributed by atoms with E-state index in [4.69, 9.17) is 9.15 Å². The topological polar surface area (TPSA) is 109 Å². The zero-order chi connectivity index (χ0) is 26.4. The molecule has 3 aromatic heterocycles. The highest BCUT2D eigenvalue weighted by atomic mass is 16.5. The van der Waals surface area contributed by atoms with Crippen LogP contribution in [0.4, 0.5) is 0 Å². The average molecular weight is 504 g/mol. The van der Waals surface area contributed by atoms with Crippen molar-refractivity contribution in [3.05, 3.63) is 59.1 Å². The zero-order valence-corrected chi connectivity index (χ0v) is 21.5. The molecule has 0 aliphatic carbocycles. The highest BCUT2D eigenvalue weighted by Crippen LogP contribution is 2.34. The van der Waals surface area contributed by atoms with Gasteiger partial charge in [-0.15, -0.1) is 0 Å². The van der Waals surface area contributed by atoms with Crippen molar-refractivity contribution in [2.24, 2.45) is 0 Å². The van der Waals surface area contributed by atoms with Crippen LogP contribution in [0.2, 0.25) is 0 Å². The number of benzene rings is 1. The van der Waals surface area contributed by atoms with Crippen LogP contribution in [0.1, 0.15) is 44.9 Å². The van der Waals surface area contributed by atoms with E-state index >= 15 is 0 Å². The molecule has 10 heteroatoms. The van der Waals surface area contributed by atoms with Gasteiger partial charge < -0.3 is 24.3 Å². The van der Waals surface area contributed by atoms with Gasteiger partial charge in [-0.3, -0.25) is 14.4 Å². The van der Waals surface area contributed by atoms with E-state index in [1.807, 2.05) is 6.92 Å². The molecule has 1 aromatic carbocycles. The summed E-state index contributed by atoms with van der Waals surface area (Å²) in [5.74, 6) is 1.34. The van der Waals surface area contributed by atoms with E-state index in [2.05, 4.69) is 10.4 Å². The van der Waals surface area contributed by atoms with Crippen molar-refractivity contribution in [1.82, 2.24) is 24.7 Å². The molecule has 5 rings (SSSR count). The Morgan fingerprint density at radius 1 is 1.27 bits per heavy atom. The first-order valence-electron chi connectivity index (χ1n) is 12.1. The lowest BCUT2D eigenvalue weighted by atomic mass is 10.1. The van der Waals surface area contributed by atoms with E-state index < -0.39 is 0 Å². The molecule has 1 aliphatic heterocycles. The van der Waals surface area contributed by atoms with Gasteiger partial charge in [-0.05, 0) is 38.0 Å². The average Bonchev–Trinajstić information content (AvgIpc) is 3.51. The first-order chi connectivity index (χ1) is 17.7. The third kappa shape index (κ3) is 4.18. The number of furan rings is 1. The Morgan fingerprint density at radius 2 is 2.05 bits per heavy atom. The maximum absolute atomic E-state index is 13.3. The number of ether oxygens (including phenoxy) is 1. The third-order valence-corrected chi connectivity index (χ3v) is 7.10. The van der Waals surface area contributed by atoms with Crippen LogP contribution in [0.5, 0.6) is 11.5 Å². The fourth-order valence-corrected chi connectivity index (χ4v) is 5.00. The second-order valence-electron chi connectivity index (χ2n) is 9.41. The summed E-state index contributed by atoms with van der Waals surface area (Å²) >= 11 is 0. The summed E-state index contributed by atoms with van der Waals surface area (Å²) in [4.78, 5) is 40.8. The van der Waals surface area contributed by atoms with Crippen molar-refractivity contribution >= 4 is 34.2 Å². The second kappa shape index (κ2) is 9.27. The molecule has 0 spiro atoms. The van der Waals surface area contributed by atoms with E-state index in [-0.39, 0.29) is 23.8 Å². The fourth-order valence-electron chi connectivity index (χ4n) is 5.00. The highest BCUT2D eigenvalue weighted by Gasteiger charge is 2.30. The summed E-state index contributed by atoms with van der Waals surface area (Å²) < 4.78 is 13.7. The van der Waals surface area contributed by atoms with Crippen LogP contribution in [0.15, 0.2) is 41.1 Å². The minimum atomic E-state index is -0.210. The third-order valence-electron chi connectivity index (χ3n) is 7.10. The normalized spacial score (nSPS) is 15.5. The highest BCUT2D eigenvalue weighted by molar-refractivity contribution is 6.07. The number of amides is 3. The Hall–Kier alpha value is -4.34. The number of carbonyl (C=O) groups is 3. The summed E-state index contributed by atoms with van der Waals surface area (Å²) in [5.41, 5.74) is 2.98. The van der Waals surface area contributed by atoms with Crippen LogP contribution in [-0.4, -0.2) is 70.9 Å². The number of likely N-dealkylation sites (N-methyl/N-ethyl adjacent to an activating group) is 2. The number of nitrogens with one attached hydrogen (secondary N) is 1. The van der Waals surface area contributed by atoms with Gasteiger partial charge in [0.2, 0.25) is 5.91 Å².